The van der Waals surface area contributed by atoms with Gasteiger partial charge >= 0.3 is 5.97 Å². The summed E-state index contributed by atoms with van der Waals surface area (Å²) in [5.41, 5.74) is 12.4. The van der Waals surface area contributed by atoms with Crippen LogP contribution in [0.5, 0.6) is 0 Å². The van der Waals surface area contributed by atoms with Crippen LogP contribution < -0.4 is 11.5 Å². The van der Waals surface area contributed by atoms with Crippen LogP contribution in [-0.2, 0) is 20.9 Å². The third kappa shape index (κ3) is 2.72. The quantitative estimate of drug-likeness (QED) is 0.646. The third-order valence-electron chi connectivity index (χ3n) is 2.09. The molecule has 1 heterocycles. The number of carbonyl (C=O) groups excluding carboxylic acids is 2. The minimum atomic E-state index is -0.693. The van der Waals surface area contributed by atoms with Gasteiger partial charge < -0.3 is 16.2 Å². The van der Waals surface area contributed by atoms with Crippen LogP contribution in [0.1, 0.15) is 11.4 Å². The average Bonchev–Trinajstić information content (AvgIpc) is 2.43. The topological polar surface area (TPSA) is 113 Å². The van der Waals surface area contributed by atoms with E-state index in [0.717, 1.165) is 0 Å². The second-order valence-corrected chi connectivity index (χ2v) is 3.37. The Morgan fingerprint density at radius 2 is 2.06 bits per heavy atom. The molecule has 0 aliphatic rings. The fraction of sp³-hybridized carbons (Fsp3) is 0.444. The van der Waals surface area contributed by atoms with Gasteiger partial charge in [0.2, 0.25) is 0 Å². The van der Waals surface area contributed by atoms with Crippen LogP contribution in [-0.4, -0.2) is 28.3 Å². The molecule has 1 amide bonds. The number of carbonyl (C=O) groups is 2. The lowest BCUT2D eigenvalue weighted by Crippen LogP contribution is -2.23. The van der Waals surface area contributed by atoms with E-state index >= 15 is 0 Å². The lowest BCUT2D eigenvalue weighted by molar-refractivity contribution is -0.148. The van der Waals surface area contributed by atoms with E-state index < -0.39 is 18.5 Å². The van der Waals surface area contributed by atoms with Crippen LogP contribution in [0.4, 0.5) is 5.69 Å². The van der Waals surface area contributed by atoms with Crippen molar-refractivity contribution in [3.05, 3.63) is 11.4 Å². The first-order chi connectivity index (χ1) is 7.41. The summed E-state index contributed by atoms with van der Waals surface area (Å²) in [5, 5.41) is 4.05. The normalized spacial score (nSPS) is 10.1. The lowest BCUT2D eigenvalue weighted by Gasteiger charge is -2.04. The van der Waals surface area contributed by atoms with Crippen LogP contribution in [0, 0.1) is 13.8 Å². The minimum absolute atomic E-state index is 0.0862. The van der Waals surface area contributed by atoms with Gasteiger partial charge in [-0.3, -0.25) is 14.3 Å². The number of rotatable bonds is 4. The number of hydrogen-bond acceptors (Lipinski definition) is 5. The SMILES string of the molecule is Cc1nn(CC(=O)OCC(N)=O)c(C)c1N. The van der Waals surface area contributed by atoms with Gasteiger partial charge in [0.25, 0.3) is 5.91 Å². The van der Waals surface area contributed by atoms with Gasteiger partial charge in [-0.1, -0.05) is 0 Å². The number of primary amides is 1. The molecule has 0 atom stereocenters. The maximum Gasteiger partial charge on any atom is 0.328 e. The molecular formula is C9H14N4O3. The fourth-order valence-corrected chi connectivity index (χ4v) is 1.18. The molecule has 1 aromatic heterocycles. The molecule has 0 fully saturated rings. The molecule has 0 radical (unpaired) electrons. The Morgan fingerprint density at radius 3 is 2.50 bits per heavy atom. The van der Waals surface area contributed by atoms with Gasteiger partial charge in [-0.2, -0.15) is 5.10 Å². The number of nitrogens with zero attached hydrogens (tertiary/aromatic N) is 2. The van der Waals surface area contributed by atoms with Crippen molar-refractivity contribution in [1.29, 1.82) is 0 Å². The highest BCUT2D eigenvalue weighted by Gasteiger charge is 2.12. The number of hydrogen-bond donors (Lipinski definition) is 2. The summed E-state index contributed by atoms with van der Waals surface area (Å²) in [6.07, 6.45) is 0. The highest BCUT2D eigenvalue weighted by molar-refractivity contribution is 5.79. The van der Waals surface area contributed by atoms with Crippen molar-refractivity contribution in [2.24, 2.45) is 5.73 Å². The first kappa shape index (κ1) is 12.0. The number of ether oxygens (including phenoxy) is 1. The van der Waals surface area contributed by atoms with Gasteiger partial charge in [0.15, 0.2) is 6.61 Å². The van der Waals surface area contributed by atoms with Gasteiger partial charge in [-0.25, -0.2) is 0 Å². The first-order valence-corrected chi connectivity index (χ1v) is 4.65. The molecule has 0 aliphatic carbocycles. The van der Waals surface area contributed by atoms with E-state index in [1.54, 1.807) is 13.8 Å². The molecule has 0 aliphatic heterocycles. The number of nitrogen functional groups attached to an aromatic ring is 1. The second-order valence-electron chi connectivity index (χ2n) is 3.37. The zero-order valence-corrected chi connectivity index (χ0v) is 9.19. The maximum absolute atomic E-state index is 11.3. The third-order valence-corrected chi connectivity index (χ3v) is 2.09. The Bertz CT molecular complexity index is 425. The van der Waals surface area contributed by atoms with E-state index in [9.17, 15) is 9.59 Å². The molecule has 1 rings (SSSR count). The summed E-state index contributed by atoms with van der Waals surface area (Å²) < 4.78 is 6.02. The van der Waals surface area contributed by atoms with E-state index in [1.165, 1.54) is 4.68 Å². The van der Waals surface area contributed by atoms with Gasteiger partial charge in [-0.15, -0.1) is 0 Å². The summed E-state index contributed by atoms with van der Waals surface area (Å²) in [4.78, 5) is 21.6. The van der Waals surface area contributed by atoms with Crippen molar-refractivity contribution in [3.63, 3.8) is 0 Å². The molecule has 7 heteroatoms. The lowest BCUT2D eigenvalue weighted by atomic mass is 10.3. The number of amides is 1. The standard InChI is InChI=1S/C9H14N4O3/c1-5-9(11)6(2)13(12-5)3-8(15)16-4-7(10)14/h3-4,11H2,1-2H3,(H2,10,14). The van der Waals surface area contributed by atoms with Crippen molar-refractivity contribution < 1.29 is 14.3 Å². The van der Waals surface area contributed by atoms with Gasteiger partial charge in [-0.05, 0) is 13.8 Å². The smallest absolute Gasteiger partial charge is 0.328 e. The monoisotopic (exact) mass is 226 g/mol. The van der Waals surface area contributed by atoms with Gasteiger partial charge in [0.05, 0.1) is 17.1 Å². The molecule has 4 N–H and O–H groups in total. The molecular weight excluding hydrogens is 212 g/mol. The zero-order chi connectivity index (χ0) is 12.3. The van der Waals surface area contributed by atoms with E-state index in [-0.39, 0.29) is 6.54 Å². The maximum atomic E-state index is 11.3. The molecule has 0 bridgehead atoms. The average molecular weight is 226 g/mol. The van der Waals surface area contributed by atoms with Crippen LogP contribution in [0.15, 0.2) is 0 Å². The molecule has 0 saturated heterocycles. The highest BCUT2D eigenvalue weighted by Crippen LogP contribution is 2.14. The minimum Gasteiger partial charge on any atom is -0.454 e. The molecule has 0 saturated carbocycles. The summed E-state index contributed by atoms with van der Waals surface area (Å²) in [7, 11) is 0. The molecule has 88 valence electrons. The summed E-state index contributed by atoms with van der Waals surface area (Å²) >= 11 is 0. The van der Waals surface area contributed by atoms with Crippen molar-refractivity contribution >= 4 is 17.6 Å². The molecule has 0 spiro atoms. The number of nitrogens with two attached hydrogens (primary N) is 2. The van der Waals surface area contributed by atoms with E-state index in [2.05, 4.69) is 9.84 Å². The summed E-state index contributed by atoms with van der Waals surface area (Å²) in [6.45, 7) is 2.98. The predicted octanol–water partition coefficient (Wildman–Crippen LogP) is -0.889. The van der Waals surface area contributed by atoms with Crippen LogP contribution >= 0.6 is 0 Å². The number of aryl methyl sites for hydroxylation is 1. The Balaban J connectivity index is 2.63. The van der Waals surface area contributed by atoms with E-state index in [4.69, 9.17) is 11.5 Å². The van der Waals surface area contributed by atoms with Gasteiger partial charge in [0, 0.05) is 0 Å². The largest absolute Gasteiger partial charge is 0.454 e. The highest BCUT2D eigenvalue weighted by atomic mass is 16.5. The second kappa shape index (κ2) is 4.65. The Hall–Kier alpha value is -2.05. The predicted molar refractivity (Wildman–Crippen MR) is 56.3 cm³/mol. The first-order valence-electron chi connectivity index (χ1n) is 4.65. The van der Waals surface area contributed by atoms with Crippen LogP contribution in [0.25, 0.3) is 0 Å². The van der Waals surface area contributed by atoms with Gasteiger partial charge in [0.1, 0.15) is 6.54 Å². The number of esters is 1. The Morgan fingerprint density at radius 1 is 1.44 bits per heavy atom. The van der Waals surface area contributed by atoms with Crippen molar-refractivity contribution in [3.8, 4) is 0 Å². The molecule has 7 nitrogen and oxygen atoms in total. The molecule has 1 aromatic rings. The van der Waals surface area contributed by atoms with E-state index in [0.29, 0.717) is 17.1 Å². The van der Waals surface area contributed by atoms with E-state index in [1.807, 2.05) is 0 Å². The van der Waals surface area contributed by atoms with Crippen LogP contribution in [0.2, 0.25) is 0 Å². The Labute approximate surface area is 92.3 Å². The molecule has 16 heavy (non-hydrogen) atoms. The fourth-order valence-electron chi connectivity index (χ4n) is 1.18. The molecule has 0 unspecified atom stereocenters. The van der Waals surface area contributed by atoms with Crippen molar-refractivity contribution in [1.82, 2.24) is 9.78 Å². The summed E-state index contributed by atoms with van der Waals surface area (Å²) in [5.74, 6) is -1.27. The van der Waals surface area contributed by atoms with Crippen molar-refractivity contribution in [2.75, 3.05) is 12.3 Å². The number of anilines is 1. The number of aromatic nitrogens is 2. The summed E-state index contributed by atoms with van der Waals surface area (Å²) in [6, 6.07) is 0. The van der Waals surface area contributed by atoms with Crippen LogP contribution in [0.3, 0.4) is 0 Å². The van der Waals surface area contributed by atoms with Crippen molar-refractivity contribution in [2.45, 2.75) is 20.4 Å². The Kier molecular flexibility index (Phi) is 3.49. The zero-order valence-electron chi connectivity index (χ0n) is 9.19. The molecule has 0 aromatic carbocycles.